The molecule has 1 aliphatic carbocycles. The van der Waals surface area contributed by atoms with Crippen molar-refractivity contribution in [1.82, 2.24) is 25.9 Å². The summed E-state index contributed by atoms with van der Waals surface area (Å²) in [6, 6.07) is 14.0. The molecule has 14 nitrogen and oxygen atoms in total. The summed E-state index contributed by atoms with van der Waals surface area (Å²) < 4.78 is 5.50. The van der Waals surface area contributed by atoms with Crippen LogP contribution in [0.4, 0.5) is 26.9 Å². The molecule has 0 aliphatic heterocycles. The van der Waals surface area contributed by atoms with Gasteiger partial charge in [-0.3, -0.25) is 19.7 Å². The number of aryl methyl sites for hydroxylation is 2. The molecule has 4 amide bonds. The van der Waals surface area contributed by atoms with E-state index >= 15 is 0 Å². The van der Waals surface area contributed by atoms with Crippen LogP contribution in [0, 0.1) is 25.2 Å². The maximum absolute atomic E-state index is 13.1. The Morgan fingerprint density at radius 2 is 1.73 bits per heavy atom. The zero-order chi connectivity index (χ0) is 40.1. The van der Waals surface area contributed by atoms with Crippen molar-refractivity contribution in [3.05, 3.63) is 92.9 Å². The highest BCUT2D eigenvalue weighted by Gasteiger charge is 2.28. The van der Waals surface area contributed by atoms with Gasteiger partial charge in [-0.05, 0) is 81.2 Å². The van der Waals surface area contributed by atoms with Crippen molar-refractivity contribution in [1.29, 1.82) is 0 Å². The van der Waals surface area contributed by atoms with Crippen LogP contribution in [0.25, 0.3) is 0 Å². The Bertz CT molecular complexity index is 1980. The number of carbonyl (C=O) groups excluding carboxylic acids is 4. The van der Waals surface area contributed by atoms with Gasteiger partial charge in [0.15, 0.2) is 5.78 Å². The van der Waals surface area contributed by atoms with Gasteiger partial charge in [-0.25, -0.2) is 14.6 Å². The number of ketones is 1. The van der Waals surface area contributed by atoms with E-state index in [-0.39, 0.29) is 35.2 Å². The van der Waals surface area contributed by atoms with Gasteiger partial charge >= 0.3 is 12.1 Å². The fraction of sp³-hybridized carbons (Fsp3) is 0.439. The normalized spacial score (nSPS) is 13.7. The SMILES string of the molecule is CCCNC(=O)C1=C/C(=N\c2ccc(N(CC)CCOC(=O)NCCC(C)CC(C)(C)CNC(=O)Nc3nc(=O)cc(C)[nH]3)cc2C)c2ccccc2C1=O. The number of nitrogens with one attached hydrogen (secondary N) is 5. The van der Waals surface area contributed by atoms with E-state index in [4.69, 9.17) is 9.73 Å². The van der Waals surface area contributed by atoms with Crippen molar-refractivity contribution in [3.8, 4) is 0 Å². The number of rotatable bonds is 17. The Morgan fingerprint density at radius 3 is 2.42 bits per heavy atom. The van der Waals surface area contributed by atoms with Crippen molar-refractivity contribution < 1.29 is 23.9 Å². The first-order valence-electron chi connectivity index (χ1n) is 18.8. The van der Waals surface area contributed by atoms with Crippen LogP contribution in [-0.4, -0.2) is 78.8 Å². The second-order valence-corrected chi connectivity index (χ2v) is 14.6. The minimum Gasteiger partial charge on any atom is -0.448 e. The molecule has 2 aromatic carbocycles. The number of hydrogen-bond donors (Lipinski definition) is 5. The van der Waals surface area contributed by atoms with Crippen LogP contribution in [0.2, 0.25) is 0 Å². The summed E-state index contributed by atoms with van der Waals surface area (Å²) in [7, 11) is 0. The number of aromatic nitrogens is 2. The fourth-order valence-corrected chi connectivity index (χ4v) is 6.43. The van der Waals surface area contributed by atoms with Gasteiger partial charge in [0.1, 0.15) is 6.61 Å². The first kappa shape index (κ1) is 42.0. The molecule has 1 unspecified atom stereocenters. The molecule has 0 bridgehead atoms. The lowest BCUT2D eigenvalue weighted by molar-refractivity contribution is -0.117. The van der Waals surface area contributed by atoms with E-state index < -0.39 is 23.6 Å². The van der Waals surface area contributed by atoms with Crippen LogP contribution in [0.1, 0.15) is 81.1 Å². The number of anilines is 2. The van der Waals surface area contributed by atoms with E-state index in [9.17, 15) is 24.0 Å². The van der Waals surface area contributed by atoms with Crippen LogP contribution >= 0.6 is 0 Å². The zero-order valence-corrected chi connectivity index (χ0v) is 32.9. The monoisotopic (exact) mass is 754 g/mol. The molecule has 0 spiro atoms. The molecule has 0 saturated heterocycles. The third-order valence-electron chi connectivity index (χ3n) is 9.16. The number of likely N-dealkylation sites (N-methyl/N-ethyl adjacent to an activating group) is 1. The number of nitrogens with zero attached hydrogens (tertiary/aromatic N) is 3. The van der Waals surface area contributed by atoms with Crippen molar-refractivity contribution in [3.63, 3.8) is 0 Å². The van der Waals surface area contributed by atoms with Crippen LogP contribution in [0.5, 0.6) is 0 Å². The second kappa shape index (κ2) is 19.5. The third kappa shape index (κ3) is 12.4. The molecule has 294 valence electrons. The molecule has 1 aliphatic rings. The number of Topliss-reactive ketones (excluding diaryl/α,β-unsaturated/α-hetero) is 1. The van der Waals surface area contributed by atoms with E-state index in [2.05, 4.69) is 56.9 Å². The lowest BCUT2D eigenvalue weighted by Gasteiger charge is -2.28. The number of allylic oxidation sites excluding steroid dienone is 1. The number of aromatic amines is 1. The number of alkyl carbamates (subject to hydrolysis) is 1. The van der Waals surface area contributed by atoms with Crippen LogP contribution in [0.15, 0.2) is 70.0 Å². The molecular weight excluding hydrogens is 701 g/mol. The van der Waals surface area contributed by atoms with Crippen LogP contribution in [0.3, 0.4) is 0 Å². The lowest BCUT2D eigenvalue weighted by atomic mass is 9.82. The Morgan fingerprint density at radius 1 is 0.982 bits per heavy atom. The highest BCUT2D eigenvalue weighted by Crippen LogP contribution is 2.29. The summed E-state index contributed by atoms with van der Waals surface area (Å²) in [4.78, 5) is 76.0. The number of hydrogen-bond acceptors (Lipinski definition) is 9. The summed E-state index contributed by atoms with van der Waals surface area (Å²) in [5.74, 6) is -0.362. The summed E-state index contributed by atoms with van der Waals surface area (Å²) in [5, 5.41) is 11.0. The standard InChI is InChI=1S/C41H54N8O6/c1-8-17-42-37(52)32-23-34(30-12-10-11-13-31(30)36(32)51)46-33-15-14-29(21-27(33)4)49(9-2)19-20-55-40(54)43-18-16-26(3)24-41(6,7)25-44-39(53)48-38-45-28(5)22-35(50)47-38/h10-15,21-23,26H,8-9,16-20,24-25H2,1-7H3,(H,42,52)(H,43,54)(H3,44,45,47,48,50,53)/b46-34+. The maximum atomic E-state index is 13.1. The minimum absolute atomic E-state index is 0.0740. The average molecular weight is 755 g/mol. The molecule has 55 heavy (non-hydrogen) atoms. The Balaban J connectivity index is 1.24. The van der Waals surface area contributed by atoms with E-state index in [1.165, 1.54) is 6.07 Å². The van der Waals surface area contributed by atoms with Gasteiger partial charge in [0.2, 0.25) is 5.95 Å². The van der Waals surface area contributed by atoms with Crippen molar-refractivity contribution in [2.24, 2.45) is 16.3 Å². The molecule has 0 saturated carbocycles. The lowest BCUT2D eigenvalue weighted by Crippen LogP contribution is -2.38. The maximum Gasteiger partial charge on any atom is 0.407 e. The van der Waals surface area contributed by atoms with Crippen molar-refractivity contribution in [2.75, 3.05) is 49.5 Å². The van der Waals surface area contributed by atoms with Gasteiger partial charge in [-0.1, -0.05) is 52.0 Å². The number of ether oxygens (including phenoxy) is 1. The predicted octanol–water partition coefficient (Wildman–Crippen LogP) is 5.97. The first-order chi connectivity index (χ1) is 26.2. The molecule has 14 heteroatoms. The highest BCUT2D eigenvalue weighted by atomic mass is 16.5. The van der Waals surface area contributed by atoms with E-state index in [0.717, 1.165) is 30.5 Å². The molecular formula is C41H54N8O6. The average Bonchev–Trinajstić information content (AvgIpc) is 3.13. The molecule has 3 aromatic rings. The fourth-order valence-electron chi connectivity index (χ4n) is 6.43. The largest absolute Gasteiger partial charge is 0.448 e. The molecule has 0 fully saturated rings. The van der Waals surface area contributed by atoms with E-state index in [1.54, 1.807) is 25.1 Å². The molecule has 1 aromatic heterocycles. The summed E-state index contributed by atoms with van der Waals surface area (Å²) in [6.45, 7) is 16.6. The molecule has 0 radical (unpaired) electrons. The summed E-state index contributed by atoms with van der Waals surface area (Å²) >= 11 is 0. The Kier molecular flexibility index (Phi) is 14.9. The summed E-state index contributed by atoms with van der Waals surface area (Å²) in [5.41, 5.74) is 4.28. The third-order valence-corrected chi connectivity index (χ3v) is 9.16. The van der Waals surface area contributed by atoms with Gasteiger partial charge < -0.3 is 30.6 Å². The Labute approximate surface area is 322 Å². The minimum atomic E-state index is -0.479. The molecule has 1 atom stereocenters. The van der Waals surface area contributed by atoms with Crippen LogP contribution < -0.4 is 31.7 Å². The number of benzene rings is 2. The predicted molar refractivity (Wildman–Crippen MR) is 216 cm³/mol. The Hall–Kier alpha value is -5.79. The van der Waals surface area contributed by atoms with Crippen LogP contribution in [-0.2, 0) is 9.53 Å². The van der Waals surface area contributed by atoms with Crippen molar-refractivity contribution >= 4 is 46.8 Å². The zero-order valence-electron chi connectivity index (χ0n) is 32.9. The van der Waals surface area contributed by atoms with Crippen molar-refractivity contribution in [2.45, 2.75) is 67.7 Å². The smallest absolute Gasteiger partial charge is 0.407 e. The number of urea groups is 1. The topological polar surface area (TPSA) is 187 Å². The number of fused-ring (bicyclic) bond motifs is 1. The van der Waals surface area contributed by atoms with Gasteiger partial charge in [-0.2, -0.15) is 4.98 Å². The van der Waals surface area contributed by atoms with Gasteiger partial charge in [-0.15, -0.1) is 0 Å². The first-order valence-corrected chi connectivity index (χ1v) is 18.8. The second-order valence-electron chi connectivity index (χ2n) is 14.6. The highest BCUT2D eigenvalue weighted by molar-refractivity contribution is 6.35. The van der Waals surface area contributed by atoms with Gasteiger partial charge in [0.25, 0.3) is 11.5 Å². The van der Waals surface area contributed by atoms with Gasteiger partial charge in [0, 0.05) is 54.8 Å². The number of H-pyrrole nitrogens is 1. The number of aliphatic imine (C=N–C) groups is 1. The van der Waals surface area contributed by atoms with Gasteiger partial charge in [0.05, 0.1) is 23.5 Å². The molecule has 1 heterocycles. The summed E-state index contributed by atoms with van der Waals surface area (Å²) in [6.07, 6.45) is 3.40. The van der Waals surface area contributed by atoms with E-state index in [0.29, 0.717) is 60.9 Å². The molecule has 5 N–H and O–H groups in total. The quantitative estimate of drug-likeness (QED) is 0.104. The number of carbonyl (C=O) groups is 4. The molecule has 4 rings (SSSR count). The number of amides is 4. The van der Waals surface area contributed by atoms with E-state index in [1.807, 2.05) is 51.1 Å².